The monoisotopic (exact) mass is 329 g/mol. The zero-order valence-electron chi connectivity index (χ0n) is 13.1. The molecule has 1 saturated heterocycles. The van der Waals surface area contributed by atoms with Crippen LogP contribution in [-0.2, 0) is 0 Å². The largest absolute Gasteiger partial charge is 0.494 e. The zero-order chi connectivity index (χ0) is 16.5. The second kappa shape index (κ2) is 5.91. The van der Waals surface area contributed by atoms with Crippen molar-refractivity contribution in [2.24, 2.45) is 0 Å². The summed E-state index contributed by atoms with van der Waals surface area (Å²) < 4.78 is 20.3. The molecule has 0 bridgehead atoms. The van der Waals surface area contributed by atoms with Gasteiger partial charge in [-0.1, -0.05) is 0 Å². The van der Waals surface area contributed by atoms with E-state index in [1.165, 1.54) is 17.8 Å². The summed E-state index contributed by atoms with van der Waals surface area (Å²) in [6, 6.07) is 8.80. The number of piperazine rings is 1. The molecule has 8 nitrogen and oxygen atoms in total. The number of ether oxygens (including phenoxy) is 1. The van der Waals surface area contributed by atoms with E-state index in [1.54, 1.807) is 6.07 Å². The van der Waals surface area contributed by atoms with Gasteiger partial charge < -0.3 is 14.5 Å². The third-order valence-electron chi connectivity index (χ3n) is 4.16. The summed E-state index contributed by atoms with van der Waals surface area (Å²) in [5.41, 5.74) is 1.47. The van der Waals surface area contributed by atoms with Crippen LogP contribution in [0.4, 0.5) is 15.9 Å². The molecule has 0 unspecified atom stereocenters. The number of benzene rings is 1. The summed E-state index contributed by atoms with van der Waals surface area (Å²) in [6.07, 6.45) is 0. The van der Waals surface area contributed by atoms with Gasteiger partial charge in [0, 0.05) is 37.9 Å². The van der Waals surface area contributed by atoms with Gasteiger partial charge in [-0.3, -0.25) is 0 Å². The number of nitrogens with zero attached hydrogens (tertiary/aromatic N) is 7. The number of anilines is 2. The van der Waals surface area contributed by atoms with Gasteiger partial charge in [0.05, 0.1) is 7.11 Å². The quantitative estimate of drug-likeness (QED) is 0.709. The van der Waals surface area contributed by atoms with Crippen LogP contribution in [0, 0.1) is 5.82 Å². The molecule has 0 spiro atoms. The fourth-order valence-corrected chi connectivity index (χ4v) is 2.85. The molecule has 0 saturated carbocycles. The van der Waals surface area contributed by atoms with Gasteiger partial charge in [0.25, 0.3) is 0 Å². The first-order valence-corrected chi connectivity index (χ1v) is 7.63. The fourth-order valence-electron chi connectivity index (χ4n) is 2.85. The second-order valence-electron chi connectivity index (χ2n) is 5.51. The summed E-state index contributed by atoms with van der Waals surface area (Å²) in [4.78, 5) is 4.31. The van der Waals surface area contributed by atoms with E-state index < -0.39 is 0 Å². The highest BCUT2D eigenvalue weighted by Crippen LogP contribution is 2.25. The molecule has 0 N–H and O–H groups in total. The maximum atomic E-state index is 13.9. The van der Waals surface area contributed by atoms with E-state index in [9.17, 15) is 4.39 Å². The first-order valence-electron chi connectivity index (χ1n) is 7.63. The third kappa shape index (κ3) is 2.57. The normalized spacial score (nSPS) is 15.1. The molecule has 3 heterocycles. The van der Waals surface area contributed by atoms with Gasteiger partial charge in [0.1, 0.15) is 0 Å². The van der Waals surface area contributed by atoms with Crippen LogP contribution in [0.25, 0.3) is 5.65 Å². The van der Waals surface area contributed by atoms with Gasteiger partial charge in [-0.05, 0) is 34.7 Å². The predicted molar refractivity (Wildman–Crippen MR) is 86.0 cm³/mol. The Morgan fingerprint density at radius 2 is 1.83 bits per heavy atom. The highest BCUT2D eigenvalue weighted by molar-refractivity contribution is 5.52. The van der Waals surface area contributed by atoms with E-state index in [0.29, 0.717) is 5.65 Å². The van der Waals surface area contributed by atoms with Crippen molar-refractivity contribution in [3.63, 3.8) is 0 Å². The number of fused-ring (bicyclic) bond motifs is 1. The van der Waals surface area contributed by atoms with Crippen molar-refractivity contribution in [2.45, 2.75) is 0 Å². The topological polar surface area (TPSA) is 71.7 Å². The molecule has 0 radical (unpaired) electrons. The van der Waals surface area contributed by atoms with Gasteiger partial charge in [0.15, 0.2) is 23.0 Å². The average molecular weight is 329 g/mol. The van der Waals surface area contributed by atoms with Gasteiger partial charge in [-0.25, -0.2) is 4.39 Å². The van der Waals surface area contributed by atoms with Crippen LogP contribution in [0.3, 0.4) is 0 Å². The molecule has 1 aliphatic heterocycles. The van der Waals surface area contributed by atoms with Crippen molar-refractivity contribution in [1.29, 1.82) is 0 Å². The molecule has 124 valence electrons. The molecule has 0 aliphatic carbocycles. The number of hydrogen-bond donors (Lipinski definition) is 0. The van der Waals surface area contributed by atoms with Crippen LogP contribution in [0.5, 0.6) is 5.75 Å². The van der Waals surface area contributed by atoms with Crippen LogP contribution in [0.15, 0.2) is 30.3 Å². The van der Waals surface area contributed by atoms with E-state index >= 15 is 0 Å². The van der Waals surface area contributed by atoms with Gasteiger partial charge in [-0.15, -0.1) is 14.8 Å². The minimum absolute atomic E-state index is 0.260. The lowest BCUT2D eigenvalue weighted by atomic mass is 10.2. The smallest absolute Gasteiger partial charge is 0.200 e. The number of aromatic nitrogens is 5. The third-order valence-corrected chi connectivity index (χ3v) is 4.16. The Morgan fingerprint density at radius 3 is 2.58 bits per heavy atom. The van der Waals surface area contributed by atoms with Crippen molar-refractivity contribution in [3.8, 4) is 5.75 Å². The Kier molecular flexibility index (Phi) is 3.60. The Balaban J connectivity index is 1.47. The molecule has 9 heteroatoms. The number of halogens is 1. The number of tetrazole rings is 1. The number of methoxy groups -OCH3 is 1. The van der Waals surface area contributed by atoms with Crippen LogP contribution < -0.4 is 14.5 Å². The Morgan fingerprint density at radius 1 is 1.04 bits per heavy atom. The summed E-state index contributed by atoms with van der Waals surface area (Å²) >= 11 is 0. The van der Waals surface area contributed by atoms with E-state index in [-0.39, 0.29) is 11.6 Å². The first-order chi connectivity index (χ1) is 11.7. The number of rotatable bonds is 3. The number of hydrogen-bond acceptors (Lipinski definition) is 7. The van der Waals surface area contributed by atoms with Crippen LogP contribution in [-0.4, -0.2) is 58.5 Å². The lowest BCUT2D eigenvalue weighted by Crippen LogP contribution is -2.47. The highest BCUT2D eigenvalue weighted by Gasteiger charge is 2.20. The Bertz CT molecular complexity index is 860. The van der Waals surface area contributed by atoms with E-state index in [0.717, 1.165) is 37.7 Å². The van der Waals surface area contributed by atoms with E-state index in [1.807, 2.05) is 18.2 Å². The van der Waals surface area contributed by atoms with Crippen molar-refractivity contribution < 1.29 is 9.13 Å². The average Bonchev–Trinajstić information content (AvgIpc) is 3.09. The van der Waals surface area contributed by atoms with Gasteiger partial charge >= 0.3 is 0 Å². The SMILES string of the molecule is COc1ccc(N2CCN(c3ccc4nnnn4n3)CC2)cc1F. The first kappa shape index (κ1) is 14.6. The molecule has 1 aliphatic rings. The molecular weight excluding hydrogens is 313 g/mol. The van der Waals surface area contributed by atoms with Crippen molar-refractivity contribution in [3.05, 3.63) is 36.1 Å². The lowest BCUT2D eigenvalue weighted by molar-refractivity contribution is 0.386. The minimum atomic E-state index is -0.344. The molecule has 2 aromatic heterocycles. The summed E-state index contributed by atoms with van der Waals surface area (Å²) in [5, 5.41) is 15.7. The molecule has 0 atom stereocenters. The second-order valence-corrected chi connectivity index (χ2v) is 5.51. The fraction of sp³-hybridized carbons (Fsp3) is 0.333. The van der Waals surface area contributed by atoms with Gasteiger partial charge in [0.2, 0.25) is 0 Å². The molecule has 24 heavy (non-hydrogen) atoms. The van der Waals surface area contributed by atoms with Crippen molar-refractivity contribution >= 4 is 17.2 Å². The molecule has 1 fully saturated rings. The maximum absolute atomic E-state index is 13.9. The maximum Gasteiger partial charge on any atom is 0.200 e. The Labute approximate surface area is 137 Å². The standard InChI is InChI=1S/C15H16FN7O/c1-24-13-3-2-11(10-12(13)16)21-6-8-22(9-7-21)15-5-4-14-17-19-20-23(14)18-15/h2-5,10H,6-9H2,1H3. The van der Waals surface area contributed by atoms with Crippen LogP contribution >= 0.6 is 0 Å². The van der Waals surface area contributed by atoms with Crippen molar-refractivity contribution in [1.82, 2.24) is 25.3 Å². The zero-order valence-corrected chi connectivity index (χ0v) is 13.1. The Hall–Kier alpha value is -2.97. The van der Waals surface area contributed by atoms with Crippen molar-refractivity contribution in [2.75, 3.05) is 43.1 Å². The molecule has 1 aromatic carbocycles. The molecule has 0 amide bonds. The van der Waals surface area contributed by atoms with E-state index in [2.05, 4.69) is 30.4 Å². The van der Waals surface area contributed by atoms with Crippen LogP contribution in [0.2, 0.25) is 0 Å². The van der Waals surface area contributed by atoms with Crippen LogP contribution in [0.1, 0.15) is 0 Å². The minimum Gasteiger partial charge on any atom is -0.494 e. The molecule has 4 rings (SSSR count). The van der Waals surface area contributed by atoms with E-state index in [4.69, 9.17) is 4.74 Å². The molecule has 3 aromatic rings. The lowest BCUT2D eigenvalue weighted by Gasteiger charge is -2.36. The predicted octanol–water partition coefficient (Wildman–Crippen LogP) is 0.994. The summed E-state index contributed by atoms with van der Waals surface area (Å²) in [5.74, 6) is 0.745. The highest BCUT2D eigenvalue weighted by atomic mass is 19.1. The summed E-state index contributed by atoms with van der Waals surface area (Å²) in [6.45, 7) is 3.13. The summed E-state index contributed by atoms with van der Waals surface area (Å²) in [7, 11) is 1.46. The molecular formula is C15H16FN7O. The van der Waals surface area contributed by atoms with Gasteiger partial charge in [-0.2, -0.15) is 0 Å².